The molecule has 0 radical (unpaired) electrons. The summed E-state index contributed by atoms with van der Waals surface area (Å²) in [7, 11) is 0. The topological polar surface area (TPSA) is 6.48 Å². The van der Waals surface area contributed by atoms with Gasteiger partial charge in [-0.1, -0.05) is 25.7 Å². The van der Waals surface area contributed by atoms with Gasteiger partial charge in [0, 0.05) is 51.9 Å². The van der Waals surface area contributed by atoms with Crippen molar-refractivity contribution in [3.8, 4) is 23.7 Å². The molecular formula is C20H32N2. The summed E-state index contributed by atoms with van der Waals surface area (Å²) >= 11 is 0. The summed E-state index contributed by atoms with van der Waals surface area (Å²) in [6.07, 6.45) is 12.4. The average Bonchev–Trinajstić information content (AvgIpc) is 2.52. The van der Waals surface area contributed by atoms with Gasteiger partial charge in [-0.25, -0.2) is 0 Å². The molecule has 3 aliphatic rings. The summed E-state index contributed by atoms with van der Waals surface area (Å²) in [6.45, 7) is 6.96. The van der Waals surface area contributed by atoms with E-state index in [1.807, 2.05) is 0 Å². The third-order valence-electron chi connectivity index (χ3n) is 4.66. The van der Waals surface area contributed by atoms with E-state index >= 15 is 0 Å². The van der Waals surface area contributed by atoms with Crippen LogP contribution in [0.1, 0.15) is 64.2 Å². The largest absolute Gasteiger partial charge is 0.301 e. The van der Waals surface area contributed by atoms with Crippen molar-refractivity contribution in [2.24, 2.45) is 0 Å². The fourth-order valence-corrected chi connectivity index (χ4v) is 3.26. The molecule has 22 heavy (non-hydrogen) atoms. The van der Waals surface area contributed by atoms with E-state index in [0.29, 0.717) is 0 Å². The van der Waals surface area contributed by atoms with Crippen LogP contribution < -0.4 is 0 Å². The van der Waals surface area contributed by atoms with E-state index in [2.05, 4.69) is 33.5 Å². The Morgan fingerprint density at radius 3 is 1.05 bits per heavy atom. The Labute approximate surface area is 137 Å². The van der Waals surface area contributed by atoms with Crippen LogP contribution in [0, 0.1) is 23.7 Å². The molecule has 0 aromatic carbocycles. The van der Waals surface area contributed by atoms with Crippen LogP contribution in [-0.4, -0.2) is 49.1 Å². The van der Waals surface area contributed by atoms with Gasteiger partial charge in [-0.05, 0) is 25.9 Å². The first kappa shape index (κ1) is 17.4. The molecule has 0 aromatic rings. The minimum absolute atomic E-state index is 1.02. The molecule has 0 aromatic heterocycles. The SMILES string of the molecule is C1#CCCN2CCC#CCCN(CC1)CCCCCCCC2. The Bertz CT molecular complexity index is 343. The zero-order valence-electron chi connectivity index (χ0n) is 14.2. The van der Waals surface area contributed by atoms with Gasteiger partial charge in [-0.15, -0.1) is 23.7 Å². The molecule has 0 atom stereocenters. The summed E-state index contributed by atoms with van der Waals surface area (Å²) in [4.78, 5) is 5.15. The lowest BCUT2D eigenvalue weighted by molar-refractivity contribution is 0.271. The van der Waals surface area contributed by atoms with Crippen LogP contribution in [0.15, 0.2) is 0 Å². The highest BCUT2D eigenvalue weighted by atomic mass is 15.1. The average molecular weight is 300 g/mol. The van der Waals surface area contributed by atoms with Gasteiger partial charge in [0.1, 0.15) is 0 Å². The highest BCUT2D eigenvalue weighted by Crippen LogP contribution is 2.09. The Morgan fingerprint density at radius 1 is 0.364 bits per heavy atom. The molecule has 0 aliphatic carbocycles. The highest BCUT2D eigenvalue weighted by molar-refractivity contribution is 5.02. The number of nitrogens with zero attached hydrogens (tertiary/aromatic N) is 2. The summed E-state index contributed by atoms with van der Waals surface area (Å²) in [5.74, 6) is 13.5. The third-order valence-corrected chi connectivity index (χ3v) is 4.66. The third kappa shape index (κ3) is 7.88. The maximum absolute atomic E-state index is 3.38. The Hall–Kier alpha value is -0.960. The molecule has 3 heterocycles. The van der Waals surface area contributed by atoms with E-state index in [-0.39, 0.29) is 0 Å². The van der Waals surface area contributed by atoms with Crippen LogP contribution >= 0.6 is 0 Å². The molecule has 0 saturated heterocycles. The summed E-state index contributed by atoms with van der Waals surface area (Å²) < 4.78 is 0. The van der Waals surface area contributed by atoms with E-state index < -0.39 is 0 Å². The number of hydrogen-bond donors (Lipinski definition) is 0. The lowest BCUT2D eigenvalue weighted by atomic mass is 10.1. The van der Waals surface area contributed by atoms with Crippen molar-refractivity contribution in [3.05, 3.63) is 0 Å². The van der Waals surface area contributed by atoms with Crippen molar-refractivity contribution >= 4 is 0 Å². The number of hydrogen-bond acceptors (Lipinski definition) is 2. The molecule has 122 valence electrons. The zero-order chi connectivity index (χ0) is 15.3. The molecule has 3 rings (SSSR count). The van der Waals surface area contributed by atoms with Gasteiger partial charge in [-0.2, -0.15) is 0 Å². The molecule has 2 bridgehead atoms. The molecule has 0 spiro atoms. The van der Waals surface area contributed by atoms with Crippen molar-refractivity contribution in [2.75, 3.05) is 39.3 Å². The normalized spacial score (nSPS) is 28.7. The van der Waals surface area contributed by atoms with Crippen LogP contribution in [0.5, 0.6) is 0 Å². The van der Waals surface area contributed by atoms with E-state index in [1.54, 1.807) is 0 Å². The van der Waals surface area contributed by atoms with Gasteiger partial charge in [0.05, 0.1) is 0 Å². The molecule has 2 nitrogen and oxygen atoms in total. The molecule has 0 fully saturated rings. The van der Waals surface area contributed by atoms with Gasteiger partial charge < -0.3 is 9.80 Å². The number of fused-ring (bicyclic) bond motifs is 15. The predicted molar refractivity (Wildman–Crippen MR) is 94.6 cm³/mol. The van der Waals surface area contributed by atoms with Gasteiger partial charge in [-0.3, -0.25) is 0 Å². The molecule has 0 N–H and O–H groups in total. The van der Waals surface area contributed by atoms with Gasteiger partial charge in [0.15, 0.2) is 0 Å². The predicted octanol–water partition coefficient (Wildman–Crippen LogP) is 3.53. The van der Waals surface area contributed by atoms with Crippen LogP contribution in [0.4, 0.5) is 0 Å². The minimum atomic E-state index is 1.02. The van der Waals surface area contributed by atoms with Crippen LogP contribution in [0.2, 0.25) is 0 Å². The van der Waals surface area contributed by atoms with Crippen molar-refractivity contribution < 1.29 is 0 Å². The molecule has 3 aliphatic heterocycles. The lowest BCUT2D eigenvalue weighted by Gasteiger charge is -2.22. The Morgan fingerprint density at radius 2 is 0.682 bits per heavy atom. The molecule has 0 unspecified atom stereocenters. The maximum atomic E-state index is 3.38. The molecular weight excluding hydrogens is 268 g/mol. The van der Waals surface area contributed by atoms with E-state index in [4.69, 9.17) is 0 Å². The van der Waals surface area contributed by atoms with Crippen molar-refractivity contribution in [1.82, 2.24) is 9.80 Å². The van der Waals surface area contributed by atoms with Crippen LogP contribution in [-0.2, 0) is 0 Å². The van der Waals surface area contributed by atoms with Gasteiger partial charge in [0.2, 0.25) is 0 Å². The Kier molecular flexibility index (Phi) is 9.16. The second-order valence-electron chi connectivity index (χ2n) is 6.51. The van der Waals surface area contributed by atoms with Crippen molar-refractivity contribution in [1.29, 1.82) is 0 Å². The van der Waals surface area contributed by atoms with Crippen LogP contribution in [0.25, 0.3) is 0 Å². The smallest absolute Gasteiger partial charge is 0.0217 e. The first-order valence-corrected chi connectivity index (χ1v) is 9.31. The summed E-state index contributed by atoms with van der Waals surface area (Å²) in [5, 5.41) is 0. The molecule has 2 heteroatoms. The standard InChI is InChI=1S/C20H32N2/c1-2-4-10-16-22-19-13-7-5-11-17-21(15-9-3-1)18-12-6-8-14-20-22/h1-4,9-20H2. The van der Waals surface area contributed by atoms with E-state index in [0.717, 1.165) is 51.9 Å². The van der Waals surface area contributed by atoms with Crippen molar-refractivity contribution in [2.45, 2.75) is 64.2 Å². The van der Waals surface area contributed by atoms with Crippen molar-refractivity contribution in [3.63, 3.8) is 0 Å². The zero-order valence-corrected chi connectivity index (χ0v) is 14.2. The second kappa shape index (κ2) is 11.6. The van der Waals surface area contributed by atoms with Gasteiger partial charge >= 0.3 is 0 Å². The fraction of sp³-hybridized carbons (Fsp3) is 0.800. The summed E-state index contributed by atoms with van der Waals surface area (Å²) in [6, 6.07) is 0. The highest BCUT2D eigenvalue weighted by Gasteiger charge is 2.06. The molecule has 0 saturated carbocycles. The Balaban J connectivity index is 1.99. The minimum Gasteiger partial charge on any atom is -0.301 e. The second-order valence-corrected chi connectivity index (χ2v) is 6.51. The first-order chi connectivity index (χ1) is 10.9. The summed E-state index contributed by atoms with van der Waals surface area (Å²) in [5.41, 5.74) is 0. The lowest BCUT2D eigenvalue weighted by Crippen LogP contribution is -2.28. The van der Waals surface area contributed by atoms with Crippen LogP contribution in [0.3, 0.4) is 0 Å². The first-order valence-electron chi connectivity index (χ1n) is 9.31. The van der Waals surface area contributed by atoms with E-state index in [1.165, 1.54) is 51.6 Å². The number of rotatable bonds is 0. The molecule has 0 amide bonds. The quantitative estimate of drug-likeness (QED) is 0.632. The fourth-order valence-electron chi connectivity index (χ4n) is 3.26. The van der Waals surface area contributed by atoms with Gasteiger partial charge in [0.25, 0.3) is 0 Å². The monoisotopic (exact) mass is 300 g/mol. The van der Waals surface area contributed by atoms with E-state index in [9.17, 15) is 0 Å². The maximum Gasteiger partial charge on any atom is 0.0217 e.